The van der Waals surface area contributed by atoms with Crippen molar-refractivity contribution in [3.05, 3.63) is 33.4 Å². The first-order valence-corrected chi connectivity index (χ1v) is 7.34. The molecule has 15 heavy (non-hydrogen) atoms. The summed E-state index contributed by atoms with van der Waals surface area (Å²) in [4.78, 5) is 3.28. The van der Waals surface area contributed by atoms with Crippen LogP contribution in [-0.2, 0) is 6.54 Å². The molecule has 1 nitrogen and oxygen atoms in total. The van der Waals surface area contributed by atoms with Crippen molar-refractivity contribution in [2.75, 3.05) is 13.1 Å². The fraction of sp³-hybridized carbons (Fsp3) is 0.500. The molecule has 1 fully saturated rings. The summed E-state index contributed by atoms with van der Waals surface area (Å²) in [7, 11) is 0. The summed E-state index contributed by atoms with van der Waals surface area (Å²) >= 11 is 6.03. The summed E-state index contributed by atoms with van der Waals surface area (Å²) in [5.74, 6) is 0. The lowest BCUT2D eigenvalue weighted by Crippen LogP contribution is -2.33. The maximum Gasteiger partial charge on any atom is 0.0233 e. The van der Waals surface area contributed by atoms with Crippen LogP contribution in [0.2, 0.25) is 0 Å². The van der Waals surface area contributed by atoms with Crippen LogP contribution in [0.5, 0.6) is 0 Å². The number of likely N-dealkylation sites (tertiary alicyclic amines) is 1. The summed E-state index contributed by atoms with van der Waals surface area (Å²) in [5.41, 5.74) is 1.43. The SMILES string of the molecule is BrC1CCN(Cc2ccc(I)cc2)CC1. The second-order valence-corrected chi connectivity index (χ2v) is 6.62. The lowest BCUT2D eigenvalue weighted by molar-refractivity contribution is 0.226. The quantitative estimate of drug-likeness (QED) is 0.560. The molecule has 1 aromatic rings. The molecule has 0 atom stereocenters. The van der Waals surface area contributed by atoms with Gasteiger partial charge in [-0.05, 0) is 66.2 Å². The van der Waals surface area contributed by atoms with E-state index in [1.165, 1.54) is 35.1 Å². The van der Waals surface area contributed by atoms with E-state index in [1.54, 1.807) is 0 Å². The van der Waals surface area contributed by atoms with E-state index in [4.69, 9.17) is 0 Å². The Morgan fingerprint density at radius 1 is 1.20 bits per heavy atom. The number of hydrogen-bond donors (Lipinski definition) is 0. The van der Waals surface area contributed by atoms with Crippen LogP contribution in [0, 0.1) is 3.57 Å². The molecule has 1 aromatic carbocycles. The van der Waals surface area contributed by atoms with Gasteiger partial charge in [0.05, 0.1) is 0 Å². The second kappa shape index (κ2) is 5.64. The Kier molecular flexibility index (Phi) is 4.46. The van der Waals surface area contributed by atoms with Gasteiger partial charge in [0.25, 0.3) is 0 Å². The zero-order valence-corrected chi connectivity index (χ0v) is 12.4. The molecule has 1 aliphatic heterocycles. The van der Waals surface area contributed by atoms with Gasteiger partial charge in [-0.25, -0.2) is 0 Å². The fourth-order valence-corrected chi connectivity index (χ4v) is 2.68. The number of halogens is 2. The van der Waals surface area contributed by atoms with E-state index < -0.39 is 0 Å². The third-order valence-corrected chi connectivity index (χ3v) is 4.47. The molecule has 0 saturated carbocycles. The van der Waals surface area contributed by atoms with Crippen LogP contribution in [0.1, 0.15) is 18.4 Å². The van der Waals surface area contributed by atoms with Gasteiger partial charge in [-0.15, -0.1) is 0 Å². The van der Waals surface area contributed by atoms with E-state index >= 15 is 0 Å². The average molecular weight is 380 g/mol. The molecule has 0 spiro atoms. The molecular formula is C12H15BrIN. The highest BCUT2D eigenvalue weighted by Gasteiger charge is 2.16. The van der Waals surface area contributed by atoms with Gasteiger partial charge in [0.2, 0.25) is 0 Å². The lowest BCUT2D eigenvalue weighted by Gasteiger charge is -2.29. The maximum absolute atomic E-state index is 3.68. The van der Waals surface area contributed by atoms with Gasteiger partial charge < -0.3 is 0 Å². The van der Waals surface area contributed by atoms with Crippen LogP contribution in [0.3, 0.4) is 0 Å². The summed E-state index contributed by atoms with van der Waals surface area (Å²) in [6.07, 6.45) is 2.56. The topological polar surface area (TPSA) is 3.24 Å². The largest absolute Gasteiger partial charge is 0.299 e. The third kappa shape index (κ3) is 3.71. The first kappa shape index (κ1) is 11.9. The summed E-state index contributed by atoms with van der Waals surface area (Å²) < 4.78 is 1.32. The summed E-state index contributed by atoms with van der Waals surface area (Å²) in [5, 5.41) is 0. The highest BCUT2D eigenvalue weighted by molar-refractivity contribution is 14.1. The van der Waals surface area contributed by atoms with Crippen molar-refractivity contribution in [2.24, 2.45) is 0 Å². The maximum atomic E-state index is 3.68. The molecule has 1 aliphatic rings. The van der Waals surface area contributed by atoms with Gasteiger partial charge in [0.15, 0.2) is 0 Å². The zero-order chi connectivity index (χ0) is 10.7. The molecule has 0 aliphatic carbocycles. The van der Waals surface area contributed by atoms with E-state index in [-0.39, 0.29) is 0 Å². The van der Waals surface area contributed by atoms with Crippen LogP contribution in [0.4, 0.5) is 0 Å². The van der Waals surface area contributed by atoms with E-state index in [2.05, 4.69) is 67.7 Å². The molecule has 1 saturated heterocycles. The molecular weight excluding hydrogens is 365 g/mol. The number of piperidine rings is 1. The monoisotopic (exact) mass is 379 g/mol. The average Bonchev–Trinajstić information content (AvgIpc) is 2.25. The van der Waals surface area contributed by atoms with Crippen LogP contribution in [0.15, 0.2) is 24.3 Å². The minimum atomic E-state index is 0.741. The van der Waals surface area contributed by atoms with Gasteiger partial charge in [0.1, 0.15) is 0 Å². The molecule has 3 heteroatoms. The van der Waals surface area contributed by atoms with Crippen molar-refractivity contribution >= 4 is 38.5 Å². The molecule has 0 unspecified atom stereocenters. The van der Waals surface area contributed by atoms with E-state index in [0.29, 0.717) is 0 Å². The normalized spacial score (nSPS) is 19.3. The van der Waals surface area contributed by atoms with Crippen molar-refractivity contribution < 1.29 is 0 Å². The lowest BCUT2D eigenvalue weighted by atomic mass is 10.1. The third-order valence-electron chi connectivity index (χ3n) is 2.84. The Hall–Kier alpha value is 0.390. The van der Waals surface area contributed by atoms with Gasteiger partial charge in [-0.3, -0.25) is 4.90 Å². The number of alkyl halides is 1. The van der Waals surface area contributed by atoms with Crippen molar-refractivity contribution in [1.29, 1.82) is 0 Å². The molecule has 1 heterocycles. The number of hydrogen-bond acceptors (Lipinski definition) is 1. The zero-order valence-electron chi connectivity index (χ0n) is 8.63. The molecule has 0 N–H and O–H groups in total. The molecule has 2 rings (SSSR count). The molecule has 0 aromatic heterocycles. The van der Waals surface area contributed by atoms with E-state index in [9.17, 15) is 0 Å². The van der Waals surface area contributed by atoms with E-state index in [0.717, 1.165) is 11.4 Å². The summed E-state index contributed by atoms with van der Waals surface area (Å²) in [6, 6.07) is 8.85. The predicted octanol–water partition coefficient (Wildman–Crippen LogP) is 3.65. The van der Waals surface area contributed by atoms with Crippen molar-refractivity contribution in [3.63, 3.8) is 0 Å². The molecule has 0 bridgehead atoms. The minimum Gasteiger partial charge on any atom is -0.299 e. The Morgan fingerprint density at radius 2 is 1.80 bits per heavy atom. The Morgan fingerprint density at radius 3 is 2.40 bits per heavy atom. The molecule has 0 amide bonds. The molecule has 82 valence electrons. The van der Waals surface area contributed by atoms with Crippen molar-refractivity contribution in [2.45, 2.75) is 24.2 Å². The smallest absolute Gasteiger partial charge is 0.0233 e. The number of nitrogens with zero attached hydrogens (tertiary/aromatic N) is 1. The highest BCUT2D eigenvalue weighted by Crippen LogP contribution is 2.19. The van der Waals surface area contributed by atoms with Crippen molar-refractivity contribution in [3.8, 4) is 0 Å². The van der Waals surface area contributed by atoms with Crippen LogP contribution >= 0.6 is 38.5 Å². The Bertz CT molecular complexity index is 304. The Balaban J connectivity index is 1.89. The van der Waals surface area contributed by atoms with Gasteiger partial charge in [0, 0.05) is 14.9 Å². The van der Waals surface area contributed by atoms with Crippen LogP contribution in [0.25, 0.3) is 0 Å². The van der Waals surface area contributed by atoms with Gasteiger partial charge in [-0.2, -0.15) is 0 Å². The minimum absolute atomic E-state index is 0.741. The first-order valence-electron chi connectivity index (χ1n) is 5.35. The van der Waals surface area contributed by atoms with Gasteiger partial charge in [-0.1, -0.05) is 28.1 Å². The second-order valence-electron chi connectivity index (χ2n) is 4.08. The Labute approximate surface area is 114 Å². The number of rotatable bonds is 2. The summed E-state index contributed by atoms with van der Waals surface area (Å²) in [6.45, 7) is 3.56. The fourth-order valence-electron chi connectivity index (χ4n) is 1.91. The first-order chi connectivity index (χ1) is 7.24. The molecule has 0 radical (unpaired) electrons. The van der Waals surface area contributed by atoms with E-state index in [1.807, 2.05) is 0 Å². The number of benzene rings is 1. The van der Waals surface area contributed by atoms with Gasteiger partial charge >= 0.3 is 0 Å². The predicted molar refractivity (Wildman–Crippen MR) is 76.4 cm³/mol. The standard InChI is InChI=1S/C12H15BrIN/c13-11-5-7-15(8-6-11)9-10-1-3-12(14)4-2-10/h1-4,11H,5-9H2. The van der Waals surface area contributed by atoms with Crippen molar-refractivity contribution in [1.82, 2.24) is 4.90 Å². The van der Waals surface area contributed by atoms with Crippen LogP contribution in [-0.4, -0.2) is 22.8 Å². The highest BCUT2D eigenvalue weighted by atomic mass is 127. The van der Waals surface area contributed by atoms with Crippen LogP contribution < -0.4 is 0 Å².